The van der Waals surface area contributed by atoms with Crippen LogP contribution in [0.25, 0.3) is 0 Å². The van der Waals surface area contributed by atoms with E-state index in [0.717, 1.165) is 49.5 Å². The van der Waals surface area contributed by atoms with Gasteiger partial charge in [0.05, 0.1) is 11.7 Å². The molecule has 6 heteroatoms. The summed E-state index contributed by atoms with van der Waals surface area (Å²) in [5.74, 6) is 1.27. The standard InChI is InChI=1S/C20H27FN4O/c1-3-18-19(13(2)24-26-18)17-5-4-10-25(17)12-15-11-22-23-20(15)14-6-8-16(21)9-7-14/h6-9,15,17,20,22-23H,3-5,10-12H2,1-2H3. The van der Waals surface area contributed by atoms with Crippen LogP contribution in [0, 0.1) is 18.7 Å². The van der Waals surface area contributed by atoms with Crippen molar-refractivity contribution in [3.63, 3.8) is 0 Å². The average molecular weight is 358 g/mol. The monoisotopic (exact) mass is 358 g/mol. The molecule has 3 unspecified atom stereocenters. The molecule has 1 aromatic heterocycles. The number of likely N-dealkylation sites (tertiary alicyclic amines) is 1. The molecule has 0 saturated carbocycles. The fourth-order valence-electron chi connectivity index (χ4n) is 4.51. The minimum atomic E-state index is -0.189. The molecule has 0 amide bonds. The first-order chi connectivity index (χ1) is 12.7. The second-order valence-electron chi connectivity index (χ2n) is 7.43. The summed E-state index contributed by atoms with van der Waals surface area (Å²) >= 11 is 0. The number of hydrogen-bond acceptors (Lipinski definition) is 5. The van der Waals surface area contributed by atoms with Crippen molar-refractivity contribution in [3.05, 3.63) is 52.7 Å². The highest BCUT2D eigenvalue weighted by molar-refractivity contribution is 5.27. The topological polar surface area (TPSA) is 53.3 Å². The summed E-state index contributed by atoms with van der Waals surface area (Å²) in [5, 5.41) is 4.21. The van der Waals surface area contributed by atoms with Crippen molar-refractivity contribution in [2.45, 2.75) is 45.2 Å². The lowest BCUT2D eigenvalue weighted by Crippen LogP contribution is -2.33. The molecule has 0 spiro atoms. The van der Waals surface area contributed by atoms with Crippen molar-refractivity contribution >= 4 is 0 Å². The van der Waals surface area contributed by atoms with E-state index >= 15 is 0 Å². The third kappa shape index (κ3) is 3.29. The van der Waals surface area contributed by atoms with Crippen molar-refractivity contribution in [2.24, 2.45) is 5.92 Å². The van der Waals surface area contributed by atoms with Gasteiger partial charge in [0, 0.05) is 37.0 Å². The molecule has 0 radical (unpaired) electrons. The van der Waals surface area contributed by atoms with E-state index in [2.05, 4.69) is 34.8 Å². The third-order valence-electron chi connectivity index (χ3n) is 5.79. The van der Waals surface area contributed by atoms with E-state index in [9.17, 15) is 4.39 Å². The molecule has 3 heterocycles. The quantitative estimate of drug-likeness (QED) is 0.859. The van der Waals surface area contributed by atoms with Gasteiger partial charge in [0.2, 0.25) is 0 Å². The molecule has 0 bridgehead atoms. The van der Waals surface area contributed by atoms with Crippen LogP contribution in [-0.4, -0.2) is 29.7 Å². The maximum absolute atomic E-state index is 13.3. The first kappa shape index (κ1) is 17.6. The lowest BCUT2D eigenvalue weighted by atomic mass is 9.93. The lowest BCUT2D eigenvalue weighted by Gasteiger charge is -2.29. The number of hydrazine groups is 1. The molecule has 2 fully saturated rings. The summed E-state index contributed by atoms with van der Waals surface area (Å²) in [4.78, 5) is 2.58. The van der Waals surface area contributed by atoms with Crippen molar-refractivity contribution in [1.82, 2.24) is 20.9 Å². The van der Waals surface area contributed by atoms with Crippen LogP contribution in [0.5, 0.6) is 0 Å². The van der Waals surface area contributed by atoms with Gasteiger partial charge in [0.15, 0.2) is 0 Å². The maximum atomic E-state index is 13.3. The van der Waals surface area contributed by atoms with Crippen molar-refractivity contribution in [2.75, 3.05) is 19.6 Å². The SMILES string of the molecule is CCc1onc(C)c1C1CCCN1CC1CNNC1c1ccc(F)cc1. The van der Waals surface area contributed by atoms with Crippen LogP contribution in [0.3, 0.4) is 0 Å². The number of hydrogen-bond donors (Lipinski definition) is 2. The van der Waals surface area contributed by atoms with E-state index in [4.69, 9.17) is 4.52 Å². The highest BCUT2D eigenvalue weighted by Gasteiger charge is 2.36. The number of rotatable bonds is 5. The van der Waals surface area contributed by atoms with E-state index in [1.54, 1.807) is 12.1 Å². The van der Waals surface area contributed by atoms with Crippen LogP contribution in [0.2, 0.25) is 0 Å². The van der Waals surface area contributed by atoms with E-state index in [0.29, 0.717) is 12.0 Å². The van der Waals surface area contributed by atoms with Gasteiger partial charge in [-0.1, -0.05) is 24.2 Å². The zero-order valence-electron chi connectivity index (χ0n) is 15.5. The average Bonchev–Trinajstić information content (AvgIpc) is 3.36. The fraction of sp³-hybridized carbons (Fsp3) is 0.550. The summed E-state index contributed by atoms with van der Waals surface area (Å²) in [6.45, 7) is 7.19. The van der Waals surface area contributed by atoms with Crippen molar-refractivity contribution in [3.8, 4) is 0 Å². The Kier molecular flexibility index (Phi) is 5.07. The maximum Gasteiger partial charge on any atom is 0.141 e. The molecule has 2 aliphatic rings. The van der Waals surface area contributed by atoms with E-state index in [1.807, 2.05) is 12.1 Å². The van der Waals surface area contributed by atoms with Crippen LogP contribution >= 0.6 is 0 Å². The fourth-order valence-corrected chi connectivity index (χ4v) is 4.51. The van der Waals surface area contributed by atoms with Gasteiger partial charge in [-0.2, -0.15) is 0 Å². The predicted octanol–water partition coefficient (Wildman–Crippen LogP) is 3.29. The Morgan fingerprint density at radius 2 is 2.12 bits per heavy atom. The predicted molar refractivity (Wildman–Crippen MR) is 97.9 cm³/mol. The second-order valence-corrected chi connectivity index (χ2v) is 7.43. The number of aromatic nitrogens is 1. The highest BCUT2D eigenvalue weighted by atomic mass is 19.1. The van der Waals surface area contributed by atoms with Gasteiger partial charge in [-0.05, 0) is 44.0 Å². The van der Waals surface area contributed by atoms with Crippen LogP contribution < -0.4 is 10.9 Å². The summed E-state index contributed by atoms with van der Waals surface area (Å²) in [7, 11) is 0. The van der Waals surface area contributed by atoms with Gasteiger partial charge in [-0.15, -0.1) is 0 Å². The van der Waals surface area contributed by atoms with Gasteiger partial charge in [-0.25, -0.2) is 9.82 Å². The van der Waals surface area contributed by atoms with Gasteiger partial charge in [0.25, 0.3) is 0 Å². The molecule has 2 aromatic rings. The second kappa shape index (κ2) is 7.47. The minimum absolute atomic E-state index is 0.189. The Morgan fingerprint density at radius 3 is 2.88 bits per heavy atom. The van der Waals surface area contributed by atoms with Crippen molar-refractivity contribution < 1.29 is 8.91 Å². The Hall–Kier alpha value is -1.76. The summed E-state index contributed by atoms with van der Waals surface area (Å²) in [6, 6.07) is 7.44. The number of aryl methyl sites for hydroxylation is 2. The van der Waals surface area contributed by atoms with Crippen molar-refractivity contribution in [1.29, 1.82) is 0 Å². The number of halogens is 1. The van der Waals surface area contributed by atoms with E-state index in [1.165, 1.54) is 12.0 Å². The van der Waals surface area contributed by atoms with Crippen LogP contribution in [-0.2, 0) is 6.42 Å². The van der Waals surface area contributed by atoms with Crippen LogP contribution in [0.4, 0.5) is 4.39 Å². The highest BCUT2D eigenvalue weighted by Crippen LogP contribution is 2.38. The third-order valence-corrected chi connectivity index (χ3v) is 5.79. The summed E-state index contributed by atoms with van der Waals surface area (Å²) < 4.78 is 18.8. The van der Waals surface area contributed by atoms with E-state index < -0.39 is 0 Å². The molecule has 1 aromatic carbocycles. The molecule has 5 nitrogen and oxygen atoms in total. The number of nitrogens with zero attached hydrogens (tertiary/aromatic N) is 2. The Labute approximate surface area is 153 Å². The first-order valence-corrected chi connectivity index (χ1v) is 9.60. The van der Waals surface area contributed by atoms with Gasteiger partial charge < -0.3 is 4.52 Å². The molecular weight excluding hydrogens is 331 g/mol. The Balaban J connectivity index is 1.52. The molecule has 4 rings (SSSR count). The molecule has 26 heavy (non-hydrogen) atoms. The minimum Gasteiger partial charge on any atom is -0.361 e. The van der Waals surface area contributed by atoms with Crippen LogP contribution in [0.1, 0.15) is 54.4 Å². The number of nitrogens with one attached hydrogen (secondary N) is 2. The smallest absolute Gasteiger partial charge is 0.141 e. The molecule has 140 valence electrons. The van der Waals surface area contributed by atoms with Gasteiger partial charge >= 0.3 is 0 Å². The first-order valence-electron chi connectivity index (χ1n) is 9.60. The summed E-state index contributed by atoms with van der Waals surface area (Å²) in [5.41, 5.74) is 10.1. The Morgan fingerprint density at radius 1 is 1.31 bits per heavy atom. The Bertz CT molecular complexity index is 745. The van der Waals surface area contributed by atoms with E-state index in [-0.39, 0.29) is 11.9 Å². The molecule has 2 aliphatic heterocycles. The van der Waals surface area contributed by atoms with Gasteiger partial charge in [-0.3, -0.25) is 10.3 Å². The lowest BCUT2D eigenvalue weighted by molar-refractivity contribution is 0.209. The molecular formula is C20H27FN4O. The molecule has 2 N–H and O–H groups in total. The molecule has 0 aliphatic carbocycles. The van der Waals surface area contributed by atoms with Crippen LogP contribution in [0.15, 0.2) is 28.8 Å². The zero-order chi connectivity index (χ0) is 18.1. The normalized spacial score (nSPS) is 26.7. The molecule has 3 atom stereocenters. The largest absolute Gasteiger partial charge is 0.361 e. The van der Waals surface area contributed by atoms with Gasteiger partial charge in [0.1, 0.15) is 11.6 Å². The zero-order valence-corrected chi connectivity index (χ0v) is 15.5. The summed E-state index contributed by atoms with van der Waals surface area (Å²) in [6.07, 6.45) is 3.24. The molecule has 2 saturated heterocycles. The number of benzene rings is 1.